The first-order valence-electron chi connectivity index (χ1n) is 5.73. The van der Waals surface area contributed by atoms with Gasteiger partial charge in [0, 0.05) is 22.9 Å². The summed E-state index contributed by atoms with van der Waals surface area (Å²) < 4.78 is 31.9. The molecule has 2 aromatic rings. The van der Waals surface area contributed by atoms with Gasteiger partial charge in [0.2, 0.25) is 0 Å². The van der Waals surface area contributed by atoms with E-state index in [0.717, 1.165) is 12.1 Å². The van der Waals surface area contributed by atoms with Crippen molar-refractivity contribution in [2.75, 3.05) is 0 Å². The van der Waals surface area contributed by atoms with Crippen LogP contribution in [0.5, 0.6) is 0 Å². The van der Waals surface area contributed by atoms with Crippen LogP contribution in [-0.2, 0) is 10.1 Å². The minimum atomic E-state index is -4.87. The molecule has 0 aliphatic rings. The molecule has 0 unspecified atom stereocenters. The summed E-state index contributed by atoms with van der Waals surface area (Å²) in [5, 5.41) is 28.1. The molecule has 0 radical (unpaired) electrons. The third-order valence-corrected chi connectivity index (χ3v) is 3.92. The Morgan fingerprint density at radius 3 is 2.04 bits per heavy atom. The fourth-order valence-corrected chi connectivity index (χ4v) is 2.80. The Hall–Kier alpha value is -3.05. The fraction of sp³-hybridized carbons (Fsp3) is 0. The quantitative estimate of drug-likeness (QED) is 0.422. The van der Waals surface area contributed by atoms with Gasteiger partial charge in [0.15, 0.2) is 0 Å². The third kappa shape index (κ3) is 2.82. The van der Waals surface area contributed by atoms with Crippen molar-refractivity contribution in [2.24, 2.45) is 0 Å². The molecule has 0 aliphatic heterocycles. The van der Waals surface area contributed by atoms with Gasteiger partial charge in [0.25, 0.3) is 15.8 Å². The number of nitro benzene ring substituents is 1. The van der Waals surface area contributed by atoms with Crippen LogP contribution in [0, 0.1) is 10.1 Å². The van der Waals surface area contributed by atoms with E-state index in [9.17, 15) is 32.7 Å². The van der Waals surface area contributed by atoms with E-state index in [1.54, 1.807) is 0 Å². The van der Waals surface area contributed by atoms with Crippen LogP contribution in [0.3, 0.4) is 0 Å². The summed E-state index contributed by atoms with van der Waals surface area (Å²) >= 11 is 0. The van der Waals surface area contributed by atoms with Crippen molar-refractivity contribution in [2.45, 2.75) is 4.90 Å². The molecule has 3 N–H and O–H groups in total. The Labute approximate surface area is 127 Å². The van der Waals surface area contributed by atoms with E-state index in [1.165, 1.54) is 0 Å². The van der Waals surface area contributed by atoms with Crippen LogP contribution >= 0.6 is 0 Å². The Morgan fingerprint density at radius 1 is 1.04 bits per heavy atom. The van der Waals surface area contributed by atoms with E-state index < -0.39 is 59.5 Å². The molecule has 0 spiro atoms. The molecule has 0 saturated carbocycles. The smallest absolute Gasteiger partial charge is 0.336 e. The van der Waals surface area contributed by atoms with E-state index in [1.807, 2.05) is 0 Å². The summed E-state index contributed by atoms with van der Waals surface area (Å²) in [4.78, 5) is 31.6. The minimum Gasteiger partial charge on any atom is -0.478 e. The third-order valence-electron chi connectivity index (χ3n) is 3.01. The Balaban J connectivity index is 3.17. The molecule has 0 atom stereocenters. The monoisotopic (exact) mass is 341 g/mol. The summed E-state index contributed by atoms with van der Waals surface area (Å²) in [6.07, 6.45) is 0. The number of fused-ring (bicyclic) bond motifs is 1. The molecule has 120 valence electrons. The molecule has 23 heavy (non-hydrogen) atoms. The molecule has 0 bridgehead atoms. The van der Waals surface area contributed by atoms with Crippen LogP contribution in [0.1, 0.15) is 20.7 Å². The van der Waals surface area contributed by atoms with Crippen molar-refractivity contribution in [3.63, 3.8) is 0 Å². The summed E-state index contributed by atoms with van der Waals surface area (Å²) in [6.45, 7) is 0. The lowest BCUT2D eigenvalue weighted by Gasteiger charge is -2.10. The number of hydrogen-bond donors (Lipinski definition) is 3. The molecular formula is C12H7NO9S. The Kier molecular flexibility index (Phi) is 3.76. The summed E-state index contributed by atoms with van der Waals surface area (Å²) in [7, 11) is -4.87. The number of non-ortho nitro benzene ring substituents is 1. The first-order valence-corrected chi connectivity index (χ1v) is 7.17. The number of nitrogens with zero attached hydrogens (tertiary/aromatic N) is 1. The first kappa shape index (κ1) is 16.3. The van der Waals surface area contributed by atoms with Crippen molar-refractivity contribution in [1.82, 2.24) is 0 Å². The second-order valence-corrected chi connectivity index (χ2v) is 5.76. The van der Waals surface area contributed by atoms with E-state index in [0.29, 0.717) is 12.1 Å². The topological polar surface area (TPSA) is 172 Å². The van der Waals surface area contributed by atoms with Gasteiger partial charge < -0.3 is 10.2 Å². The molecule has 2 rings (SSSR count). The van der Waals surface area contributed by atoms with Gasteiger partial charge in [-0.05, 0) is 12.1 Å². The standard InChI is InChI=1S/C12H7NO9S/c14-11(15)6-1-2-9(23(20,21)22)7-3-5(13(18)19)4-8(10(6)7)12(16)17/h1-4H,(H,14,15)(H,16,17)(H,20,21,22). The zero-order valence-electron chi connectivity index (χ0n) is 11.0. The molecule has 0 aromatic heterocycles. The van der Waals surface area contributed by atoms with Gasteiger partial charge in [0.1, 0.15) is 4.90 Å². The van der Waals surface area contributed by atoms with Crippen molar-refractivity contribution >= 4 is 38.5 Å². The highest BCUT2D eigenvalue weighted by atomic mass is 32.2. The zero-order chi connectivity index (χ0) is 17.5. The highest BCUT2D eigenvalue weighted by molar-refractivity contribution is 7.86. The molecule has 0 heterocycles. The van der Waals surface area contributed by atoms with Crippen LogP contribution in [0.25, 0.3) is 10.8 Å². The number of nitro groups is 1. The largest absolute Gasteiger partial charge is 0.478 e. The van der Waals surface area contributed by atoms with Gasteiger partial charge >= 0.3 is 11.9 Å². The number of carboxylic acids is 2. The van der Waals surface area contributed by atoms with E-state index in [-0.39, 0.29) is 0 Å². The number of hydrogen-bond acceptors (Lipinski definition) is 6. The van der Waals surface area contributed by atoms with Gasteiger partial charge in [-0.25, -0.2) is 9.59 Å². The van der Waals surface area contributed by atoms with Crippen LogP contribution in [-0.4, -0.2) is 40.0 Å². The Bertz CT molecular complexity index is 978. The van der Waals surface area contributed by atoms with Gasteiger partial charge in [-0.2, -0.15) is 8.42 Å². The predicted molar refractivity (Wildman–Crippen MR) is 74.3 cm³/mol. The fourth-order valence-electron chi connectivity index (χ4n) is 2.12. The highest BCUT2D eigenvalue weighted by Gasteiger charge is 2.26. The molecule has 0 saturated heterocycles. The lowest BCUT2D eigenvalue weighted by Crippen LogP contribution is -2.08. The maximum absolute atomic E-state index is 11.4. The maximum atomic E-state index is 11.4. The lowest BCUT2D eigenvalue weighted by atomic mass is 9.98. The summed E-state index contributed by atoms with van der Waals surface area (Å²) in [6, 6.07) is 2.84. The molecular weight excluding hydrogens is 334 g/mol. The average molecular weight is 341 g/mol. The molecule has 0 aliphatic carbocycles. The van der Waals surface area contributed by atoms with E-state index in [2.05, 4.69) is 0 Å². The highest BCUT2D eigenvalue weighted by Crippen LogP contribution is 2.33. The molecule has 11 heteroatoms. The number of carbonyl (C=O) groups is 2. The number of aromatic carboxylic acids is 2. The minimum absolute atomic E-state index is 0.536. The summed E-state index contributed by atoms with van der Waals surface area (Å²) in [5.41, 5.74) is -2.10. The maximum Gasteiger partial charge on any atom is 0.336 e. The van der Waals surface area contributed by atoms with Gasteiger partial charge in [-0.3, -0.25) is 14.7 Å². The second-order valence-electron chi connectivity index (χ2n) is 4.37. The van der Waals surface area contributed by atoms with Gasteiger partial charge in [-0.1, -0.05) is 0 Å². The van der Waals surface area contributed by atoms with Crippen LogP contribution in [0.15, 0.2) is 29.2 Å². The van der Waals surface area contributed by atoms with E-state index in [4.69, 9.17) is 10.2 Å². The van der Waals surface area contributed by atoms with Crippen LogP contribution in [0.4, 0.5) is 5.69 Å². The van der Waals surface area contributed by atoms with Gasteiger partial charge in [0.05, 0.1) is 16.1 Å². The number of benzene rings is 2. The first-order chi connectivity index (χ1) is 10.5. The molecule has 2 aromatic carbocycles. The normalized spacial score (nSPS) is 11.3. The molecule has 0 amide bonds. The van der Waals surface area contributed by atoms with Crippen molar-refractivity contribution < 1.29 is 37.7 Å². The SMILES string of the molecule is O=C(O)c1ccc(S(=O)(=O)O)c2cc([N+](=O)[O-])cc(C(=O)O)c12. The van der Waals surface area contributed by atoms with Crippen LogP contribution in [0.2, 0.25) is 0 Å². The van der Waals surface area contributed by atoms with Crippen molar-refractivity contribution in [1.29, 1.82) is 0 Å². The molecule has 10 nitrogen and oxygen atoms in total. The Morgan fingerprint density at radius 2 is 1.61 bits per heavy atom. The predicted octanol–water partition coefficient (Wildman–Crippen LogP) is 1.39. The van der Waals surface area contributed by atoms with Crippen molar-refractivity contribution in [3.05, 3.63) is 45.5 Å². The van der Waals surface area contributed by atoms with Gasteiger partial charge in [-0.15, -0.1) is 0 Å². The van der Waals surface area contributed by atoms with Crippen LogP contribution < -0.4 is 0 Å². The summed E-state index contributed by atoms with van der Waals surface area (Å²) in [5.74, 6) is -3.25. The second kappa shape index (κ2) is 5.30. The number of carboxylic acid groups (broad SMARTS) is 2. The van der Waals surface area contributed by atoms with E-state index >= 15 is 0 Å². The zero-order valence-corrected chi connectivity index (χ0v) is 11.8. The average Bonchev–Trinajstić information content (AvgIpc) is 2.43. The molecule has 0 fully saturated rings. The van der Waals surface area contributed by atoms with Crippen molar-refractivity contribution in [3.8, 4) is 0 Å². The lowest BCUT2D eigenvalue weighted by molar-refractivity contribution is -0.384. The number of rotatable bonds is 4.